The third kappa shape index (κ3) is 10.6. The Morgan fingerprint density at radius 2 is 1.82 bits per heavy atom. The van der Waals surface area contributed by atoms with Crippen LogP contribution in [0.2, 0.25) is 0 Å². The molecule has 5 aliphatic rings. The first-order chi connectivity index (χ1) is 36.5. The third-order valence-corrected chi connectivity index (χ3v) is 18.0. The van der Waals surface area contributed by atoms with E-state index >= 15 is 0 Å². The van der Waals surface area contributed by atoms with Gasteiger partial charge in [-0.1, -0.05) is 44.2 Å². The number of aromatic amines is 1. The molecule has 76 heavy (non-hydrogen) atoms. The van der Waals surface area contributed by atoms with Gasteiger partial charge in [-0.3, -0.25) is 24.7 Å². The first-order valence-corrected chi connectivity index (χ1v) is 28.2. The average Bonchev–Trinajstić information content (AvgIpc) is 3.87. The van der Waals surface area contributed by atoms with Crippen LogP contribution < -0.4 is 29.1 Å². The Morgan fingerprint density at radius 3 is 2.59 bits per heavy atom. The van der Waals surface area contributed by atoms with Crippen LogP contribution in [0.1, 0.15) is 110 Å². The Labute approximate surface area is 444 Å². The number of hydrogen-bond acceptors (Lipinski definition) is 14. The molecule has 4 N–H and O–H groups in total. The van der Waals surface area contributed by atoms with Gasteiger partial charge in [0.15, 0.2) is 11.5 Å². The number of nitro groups is 1. The Kier molecular flexibility index (Phi) is 14.0. The number of benzene rings is 4. The predicted molar refractivity (Wildman–Crippen MR) is 291 cm³/mol. The van der Waals surface area contributed by atoms with Gasteiger partial charge in [0.1, 0.15) is 22.8 Å². The largest absolute Gasteiger partial charge is 0.493 e. The Morgan fingerprint density at radius 1 is 1.01 bits per heavy atom. The standard InChI is InChI=1S/C58H68N8O9S/c1-37(2)46-9-5-6-10-47(46)51-34-63(33-39-24-40-8-7-23-74-54(40)53(25-39)73-4)21-22-65(51)43-29-58(30-43)35-64(36-58)42-11-13-48(52(27-42)75-44-26-41-17-20-59-55(41)61-32-44)56(67)62-76(71,72)45-12-14-49(50(28-45)66(69)70)60-31-38-15-18-57(3,68)19-16-38/h5-6,9-14,17,20,24-28,32,37-38,43,51,60,68H,7-8,15-16,18-19,21-23,29-31,33-36H2,1-4H3,(H,59,61)(H,62,67)/t38-,51-,57-/m0/s1. The molecule has 18 heteroatoms. The van der Waals surface area contributed by atoms with Crippen LogP contribution in [-0.4, -0.2) is 109 Å². The maximum atomic E-state index is 14.1. The van der Waals surface area contributed by atoms with Crippen molar-refractivity contribution in [1.29, 1.82) is 0 Å². The monoisotopic (exact) mass is 1050 g/mol. The Bertz CT molecular complexity index is 3250. The van der Waals surface area contributed by atoms with Crippen molar-refractivity contribution in [3.63, 3.8) is 0 Å². The molecule has 6 aromatic rings. The summed E-state index contributed by atoms with van der Waals surface area (Å²) < 4.78 is 48.1. The zero-order valence-corrected chi connectivity index (χ0v) is 44.5. The molecule has 1 spiro atoms. The molecule has 2 saturated carbocycles. The summed E-state index contributed by atoms with van der Waals surface area (Å²) in [5.41, 5.74) is 5.88. The fourth-order valence-electron chi connectivity index (χ4n) is 12.5. The van der Waals surface area contributed by atoms with Crippen molar-refractivity contribution in [2.24, 2.45) is 11.3 Å². The molecule has 0 unspecified atom stereocenters. The van der Waals surface area contributed by atoms with Gasteiger partial charge in [0.05, 0.1) is 40.9 Å². The average molecular weight is 1050 g/mol. The molecule has 1 atom stereocenters. The molecule has 2 aliphatic carbocycles. The number of aliphatic hydroxyl groups is 1. The number of piperazine rings is 1. The summed E-state index contributed by atoms with van der Waals surface area (Å²) in [4.78, 5) is 40.5. The molecular formula is C58H68N8O9S. The summed E-state index contributed by atoms with van der Waals surface area (Å²) >= 11 is 0. The number of nitrogens with one attached hydrogen (secondary N) is 3. The second kappa shape index (κ2) is 20.7. The lowest BCUT2D eigenvalue weighted by molar-refractivity contribution is -0.384. The van der Waals surface area contributed by atoms with Crippen molar-refractivity contribution in [3.05, 3.63) is 135 Å². The first-order valence-electron chi connectivity index (χ1n) is 26.7. The van der Waals surface area contributed by atoms with Gasteiger partial charge in [-0.2, -0.15) is 0 Å². The number of H-pyrrole nitrogens is 1. The highest BCUT2D eigenvalue weighted by molar-refractivity contribution is 7.90. The number of aromatic nitrogens is 2. The summed E-state index contributed by atoms with van der Waals surface area (Å²) in [6.07, 6.45) is 10.2. The molecule has 4 aromatic carbocycles. The van der Waals surface area contributed by atoms with E-state index in [1.54, 1.807) is 31.5 Å². The number of ether oxygens (including phenoxy) is 3. The lowest BCUT2D eigenvalue weighted by Gasteiger charge is -2.63. The van der Waals surface area contributed by atoms with Crippen molar-refractivity contribution in [3.8, 4) is 23.0 Å². The van der Waals surface area contributed by atoms with Crippen molar-refractivity contribution < 1.29 is 37.5 Å². The number of sulfonamides is 1. The van der Waals surface area contributed by atoms with Gasteiger partial charge in [-0.25, -0.2) is 18.1 Å². The molecule has 1 amide bonds. The van der Waals surface area contributed by atoms with Gasteiger partial charge in [-0.05, 0) is 135 Å². The zero-order chi connectivity index (χ0) is 52.9. The molecule has 11 rings (SSSR count). The number of hydrogen-bond donors (Lipinski definition) is 4. The van der Waals surface area contributed by atoms with Gasteiger partial charge < -0.3 is 34.5 Å². The molecule has 5 heterocycles. The second-order valence-corrected chi connectivity index (χ2v) is 24.2. The SMILES string of the molecule is COc1cc(CN2CCN(C3CC4(C3)CN(c3ccc(C(=O)NS(=O)(=O)c5ccc(NC[C@H]6CC[C@](C)(O)CC6)c([N+](=O)[O-])c5)c(Oc5cnc6[nH]ccc6c5)c3)C4)[C@H](c3ccccc3C(C)C)C2)cc2c1OCCC2. The number of methoxy groups -OCH3 is 1. The van der Waals surface area contributed by atoms with Crippen molar-refractivity contribution >= 4 is 44.0 Å². The van der Waals surface area contributed by atoms with Gasteiger partial charge in [0, 0.05) is 92.7 Å². The minimum atomic E-state index is -4.59. The molecule has 2 saturated heterocycles. The van der Waals surface area contributed by atoms with E-state index in [9.17, 15) is 28.4 Å². The molecule has 4 fully saturated rings. The van der Waals surface area contributed by atoms with E-state index in [4.69, 9.17) is 14.2 Å². The molecule has 3 aliphatic heterocycles. The molecule has 17 nitrogen and oxygen atoms in total. The van der Waals surface area contributed by atoms with E-state index in [1.807, 2.05) is 19.1 Å². The summed E-state index contributed by atoms with van der Waals surface area (Å²) in [6.45, 7) is 12.8. The highest BCUT2D eigenvalue weighted by Gasteiger charge is 2.55. The normalized spacial score (nSPS) is 21.8. The number of carbonyl (C=O) groups excluding carboxylic acids is 1. The number of rotatable bonds is 16. The molecule has 2 aromatic heterocycles. The van der Waals surface area contributed by atoms with E-state index in [0.29, 0.717) is 42.7 Å². The van der Waals surface area contributed by atoms with E-state index in [-0.39, 0.29) is 34.4 Å². The second-order valence-electron chi connectivity index (χ2n) is 22.5. The van der Waals surface area contributed by atoms with E-state index in [2.05, 4.69) is 85.0 Å². The van der Waals surface area contributed by atoms with Gasteiger partial charge in [-0.15, -0.1) is 0 Å². The van der Waals surface area contributed by atoms with Crippen LogP contribution in [0, 0.1) is 21.4 Å². The van der Waals surface area contributed by atoms with Crippen molar-refractivity contribution in [1.82, 2.24) is 24.5 Å². The number of amides is 1. The van der Waals surface area contributed by atoms with Crippen LogP contribution in [0.5, 0.6) is 23.0 Å². The number of nitro benzene ring substituents is 1. The van der Waals surface area contributed by atoms with E-state index in [0.717, 1.165) is 113 Å². The number of nitrogens with zero attached hydrogens (tertiary/aromatic N) is 5. The lowest BCUT2D eigenvalue weighted by atomic mass is 9.59. The summed E-state index contributed by atoms with van der Waals surface area (Å²) in [6, 6.07) is 26.4. The maximum absolute atomic E-state index is 14.1. The fraction of sp³-hybridized carbons (Fsp3) is 0.448. The molecule has 400 valence electrons. The fourth-order valence-corrected chi connectivity index (χ4v) is 13.5. The number of fused-ring (bicyclic) bond motifs is 2. The summed E-state index contributed by atoms with van der Waals surface area (Å²) in [5.74, 6) is 1.82. The molecule has 0 bridgehead atoms. The number of pyridine rings is 1. The highest BCUT2D eigenvalue weighted by Crippen LogP contribution is 2.54. The van der Waals surface area contributed by atoms with Crippen LogP contribution in [0.15, 0.2) is 102 Å². The van der Waals surface area contributed by atoms with Crippen molar-refractivity contribution in [2.45, 2.75) is 107 Å². The molecule has 0 radical (unpaired) electrons. The molecular weight excluding hydrogens is 985 g/mol. The maximum Gasteiger partial charge on any atom is 0.293 e. The van der Waals surface area contributed by atoms with Crippen LogP contribution in [0.3, 0.4) is 0 Å². The zero-order valence-electron chi connectivity index (χ0n) is 43.7. The van der Waals surface area contributed by atoms with Crippen LogP contribution in [-0.2, 0) is 23.0 Å². The van der Waals surface area contributed by atoms with Crippen molar-refractivity contribution in [2.75, 3.05) is 63.2 Å². The lowest BCUT2D eigenvalue weighted by Crippen LogP contribution is -2.68. The highest BCUT2D eigenvalue weighted by atomic mass is 32.2. The van der Waals surface area contributed by atoms with E-state index in [1.165, 1.54) is 40.6 Å². The van der Waals surface area contributed by atoms with Crippen LogP contribution >= 0.6 is 0 Å². The number of carbonyl (C=O) groups is 1. The predicted octanol–water partition coefficient (Wildman–Crippen LogP) is 9.72. The quantitative estimate of drug-likeness (QED) is 0.0527. The summed E-state index contributed by atoms with van der Waals surface area (Å²) in [5, 5.41) is 26.5. The topological polar surface area (TPSA) is 205 Å². The Balaban J connectivity index is 0.789. The number of aryl methyl sites for hydroxylation is 1. The van der Waals surface area contributed by atoms with E-state index < -0.39 is 37.0 Å². The Hall–Kier alpha value is -6.73. The first kappa shape index (κ1) is 51.4. The van der Waals surface area contributed by atoms with Gasteiger partial charge in [0.2, 0.25) is 0 Å². The van der Waals surface area contributed by atoms with Crippen LogP contribution in [0.25, 0.3) is 11.0 Å². The smallest absolute Gasteiger partial charge is 0.293 e. The van der Waals surface area contributed by atoms with Gasteiger partial charge in [0.25, 0.3) is 21.6 Å². The summed E-state index contributed by atoms with van der Waals surface area (Å²) in [7, 11) is -2.87. The number of anilines is 2. The van der Waals surface area contributed by atoms with Crippen LogP contribution in [0.4, 0.5) is 17.1 Å². The minimum absolute atomic E-state index is 0.0358. The third-order valence-electron chi connectivity index (χ3n) is 16.6. The van der Waals surface area contributed by atoms with Gasteiger partial charge >= 0.3 is 0 Å². The minimum Gasteiger partial charge on any atom is -0.493 e.